The van der Waals surface area contributed by atoms with Gasteiger partial charge in [-0.2, -0.15) is 4.31 Å². The fraction of sp³-hybridized carbons (Fsp3) is 0.778. The van der Waals surface area contributed by atoms with Crippen LogP contribution in [0.3, 0.4) is 0 Å². The van der Waals surface area contributed by atoms with Gasteiger partial charge in [0.15, 0.2) is 0 Å². The van der Waals surface area contributed by atoms with Crippen molar-refractivity contribution in [2.45, 2.75) is 13.8 Å². The summed E-state index contributed by atoms with van der Waals surface area (Å²) in [4.78, 5) is 0. The van der Waals surface area contributed by atoms with Gasteiger partial charge in [0.2, 0.25) is 10.0 Å². The molecule has 0 radical (unpaired) electrons. The summed E-state index contributed by atoms with van der Waals surface area (Å²) in [5.41, 5.74) is 0.886. The van der Waals surface area contributed by atoms with Crippen molar-refractivity contribution in [2.75, 3.05) is 32.1 Å². The molecule has 5 heteroatoms. The monoisotopic (exact) mass is 219 g/mol. The zero-order chi connectivity index (χ0) is 10.6. The SMILES string of the molecule is CC=C(C)CS(=O)(=O)N1CCOCC1. The fourth-order valence-electron chi connectivity index (χ4n) is 1.29. The van der Waals surface area contributed by atoms with Crippen LogP contribution in [0.1, 0.15) is 13.8 Å². The lowest BCUT2D eigenvalue weighted by Gasteiger charge is -2.26. The molecule has 1 fully saturated rings. The van der Waals surface area contributed by atoms with Crippen molar-refractivity contribution < 1.29 is 13.2 Å². The van der Waals surface area contributed by atoms with Gasteiger partial charge in [-0.15, -0.1) is 0 Å². The minimum absolute atomic E-state index is 0.128. The van der Waals surface area contributed by atoms with Crippen LogP contribution in [0.5, 0.6) is 0 Å². The van der Waals surface area contributed by atoms with Crippen LogP contribution in [0, 0.1) is 0 Å². The Morgan fingerprint density at radius 3 is 2.50 bits per heavy atom. The van der Waals surface area contributed by atoms with Gasteiger partial charge in [-0.1, -0.05) is 11.6 Å². The first-order chi connectivity index (χ1) is 6.56. The van der Waals surface area contributed by atoms with Gasteiger partial charge in [0, 0.05) is 13.1 Å². The summed E-state index contributed by atoms with van der Waals surface area (Å²) in [6, 6.07) is 0. The Morgan fingerprint density at radius 1 is 1.43 bits per heavy atom. The van der Waals surface area contributed by atoms with Gasteiger partial charge in [-0.3, -0.25) is 0 Å². The molecule has 82 valence electrons. The minimum Gasteiger partial charge on any atom is -0.379 e. The van der Waals surface area contributed by atoms with Crippen LogP contribution in [-0.4, -0.2) is 44.8 Å². The molecule has 0 N–H and O–H groups in total. The van der Waals surface area contributed by atoms with Crippen molar-refractivity contribution in [1.82, 2.24) is 4.31 Å². The second-order valence-corrected chi connectivity index (χ2v) is 5.37. The van der Waals surface area contributed by atoms with Crippen LogP contribution < -0.4 is 0 Å². The molecule has 0 saturated carbocycles. The minimum atomic E-state index is -3.11. The molecule has 0 spiro atoms. The number of hydrogen-bond acceptors (Lipinski definition) is 3. The van der Waals surface area contributed by atoms with Gasteiger partial charge in [-0.25, -0.2) is 8.42 Å². The third-order valence-corrected chi connectivity index (χ3v) is 4.24. The van der Waals surface area contributed by atoms with Crippen LogP contribution in [0.4, 0.5) is 0 Å². The van der Waals surface area contributed by atoms with Crippen molar-refractivity contribution in [3.63, 3.8) is 0 Å². The van der Waals surface area contributed by atoms with Crippen molar-refractivity contribution in [1.29, 1.82) is 0 Å². The Hall–Kier alpha value is -0.390. The van der Waals surface area contributed by atoms with E-state index >= 15 is 0 Å². The highest BCUT2D eigenvalue weighted by Crippen LogP contribution is 2.09. The van der Waals surface area contributed by atoms with E-state index in [0.717, 1.165) is 5.57 Å². The van der Waals surface area contributed by atoms with Gasteiger partial charge in [-0.05, 0) is 13.8 Å². The third kappa shape index (κ3) is 3.08. The maximum atomic E-state index is 11.8. The zero-order valence-corrected chi connectivity index (χ0v) is 9.51. The molecule has 1 rings (SSSR count). The number of allylic oxidation sites excluding steroid dienone is 1. The van der Waals surface area contributed by atoms with E-state index in [1.54, 1.807) is 0 Å². The molecule has 0 bridgehead atoms. The Labute approximate surface area is 85.6 Å². The molecule has 14 heavy (non-hydrogen) atoms. The normalized spacial score (nSPS) is 21.1. The maximum Gasteiger partial charge on any atom is 0.218 e. The molecule has 1 aliphatic heterocycles. The molecule has 1 aliphatic rings. The van der Waals surface area contributed by atoms with Crippen molar-refractivity contribution in [2.24, 2.45) is 0 Å². The number of morpholine rings is 1. The maximum absolute atomic E-state index is 11.8. The van der Waals surface area contributed by atoms with E-state index in [2.05, 4.69) is 0 Å². The first-order valence-electron chi connectivity index (χ1n) is 4.73. The molecule has 0 aromatic rings. The molecular formula is C9H17NO3S. The average Bonchev–Trinajstić information content (AvgIpc) is 2.18. The summed E-state index contributed by atoms with van der Waals surface area (Å²) in [6.07, 6.45) is 1.83. The van der Waals surface area contributed by atoms with E-state index in [9.17, 15) is 8.42 Å². The Kier molecular flexibility index (Phi) is 4.10. The van der Waals surface area contributed by atoms with Gasteiger partial charge in [0.25, 0.3) is 0 Å². The zero-order valence-electron chi connectivity index (χ0n) is 8.69. The smallest absolute Gasteiger partial charge is 0.218 e. The van der Waals surface area contributed by atoms with E-state index in [1.807, 2.05) is 19.9 Å². The standard InChI is InChI=1S/C9H17NO3S/c1-3-9(2)8-14(11,12)10-4-6-13-7-5-10/h3H,4-8H2,1-2H3. The lowest BCUT2D eigenvalue weighted by molar-refractivity contribution is 0.0731. The molecule has 1 heterocycles. The molecule has 0 unspecified atom stereocenters. The predicted molar refractivity (Wildman–Crippen MR) is 55.6 cm³/mol. The summed E-state index contributed by atoms with van der Waals surface area (Å²) in [7, 11) is -3.11. The van der Waals surface area contributed by atoms with E-state index in [0.29, 0.717) is 26.3 Å². The van der Waals surface area contributed by atoms with E-state index in [1.165, 1.54) is 4.31 Å². The number of ether oxygens (including phenoxy) is 1. The highest BCUT2D eigenvalue weighted by atomic mass is 32.2. The average molecular weight is 219 g/mol. The highest BCUT2D eigenvalue weighted by Gasteiger charge is 2.23. The molecule has 0 aromatic carbocycles. The molecule has 0 amide bonds. The summed E-state index contributed by atoms with van der Waals surface area (Å²) >= 11 is 0. The Balaban J connectivity index is 2.64. The topological polar surface area (TPSA) is 46.6 Å². The number of rotatable bonds is 3. The quantitative estimate of drug-likeness (QED) is 0.654. The van der Waals surface area contributed by atoms with E-state index < -0.39 is 10.0 Å². The van der Waals surface area contributed by atoms with Crippen LogP contribution >= 0.6 is 0 Å². The summed E-state index contributed by atoms with van der Waals surface area (Å²) in [5, 5.41) is 0. The molecule has 0 aromatic heterocycles. The Morgan fingerprint density at radius 2 is 2.00 bits per heavy atom. The second-order valence-electron chi connectivity index (χ2n) is 3.40. The second kappa shape index (κ2) is 4.91. The third-order valence-electron chi connectivity index (χ3n) is 2.27. The molecular weight excluding hydrogens is 202 g/mol. The predicted octanol–water partition coefficient (Wildman–Crippen LogP) is 0.615. The summed E-state index contributed by atoms with van der Waals surface area (Å²) in [6.45, 7) is 5.67. The number of sulfonamides is 1. The highest BCUT2D eigenvalue weighted by molar-refractivity contribution is 7.89. The summed E-state index contributed by atoms with van der Waals surface area (Å²) < 4.78 is 30.2. The van der Waals surface area contributed by atoms with Gasteiger partial charge in [0.05, 0.1) is 19.0 Å². The lowest BCUT2D eigenvalue weighted by atomic mass is 10.3. The van der Waals surface area contributed by atoms with E-state index in [-0.39, 0.29) is 5.75 Å². The number of nitrogens with zero attached hydrogens (tertiary/aromatic N) is 1. The molecule has 0 aliphatic carbocycles. The van der Waals surface area contributed by atoms with Crippen molar-refractivity contribution in [3.05, 3.63) is 11.6 Å². The van der Waals surface area contributed by atoms with Gasteiger partial charge >= 0.3 is 0 Å². The Bertz CT molecular complexity index is 302. The first-order valence-corrected chi connectivity index (χ1v) is 6.34. The van der Waals surface area contributed by atoms with Crippen LogP contribution in [-0.2, 0) is 14.8 Å². The largest absolute Gasteiger partial charge is 0.379 e. The molecule has 0 atom stereocenters. The van der Waals surface area contributed by atoms with Crippen LogP contribution in [0.2, 0.25) is 0 Å². The first kappa shape index (κ1) is 11.7. The van der Waals surface area contributed by atoms with Gasteiger partial charge in [0.1, 0.15) is 0 Å². The fourth-order valence-corrected chi connectivity index (χ4v) is 2.92. The van der Waals surface area contributed by atoms with Crippen LogP contribution in [0.25, 0.3) is 0 Å². The van der Waals surface area contributed by atoms with E-state index in [4.69, 9.17) is 4.74 Å². The number of hydrogen-bond donors (Lipinski definition) is 0. The van der Waals surface area contributed by atoms with Crippen LogP contribution in [0.15, 0.2) is 11.6 Å². The van der Waals surface area contributed by atoms with Crippen molar-refractivity contribution in [3.8, 4) is 0 Å². The van der Waals surface area contributed by atoms with Gasteiger partial charge < -0.3 is 4.74 Å². The lowest BCUT2D eigenvalue weighted by Crippen LogP contribution is -2.41. The van der Waals surface area contributed by atoms with Crippen molar-refractivity contribution >= 4 is 10.0 Å². The summed E-state index contributed by atoms with van der Waals surface area (Å²) in [5.74, 6) is 0.128. The molecule has 4 nitrogen and oxygen atoms in total. The molecule has 1 saturated heterocycles.